The van der Waals surface area contributed by atoms with Gasteiger partial charge in [0.05, 0.1) is 5.56 Å². The van der Waals surface area contributed by atoms with Crippen molar-refractivity contribution in [3.63, 3.8) is 0 Å². The van der Waals surface area contributed by atoms with E-state index in [9.17, 15) is 4.79 Å². The summed E-state index contributed by atoms with van der Waals surface area (Å²) in [6.45, 7) is 2.50. The summed E-state index contributed by atoms with van der Waals surface area (Å²) in [4.78, 5) is 13.8. The molecule has 4 nitrogen and oxygen atoms in total. The van der Waals surface area contributed by atoms with Crippen LogP contribution in [-0.2, 0) is 0 Å². The highest BCUT2D eigenvalue weighted by atomic mass is 16.4. The van der Waals surface area contributed by atoms with Gasteiger partial charge in [-0.2, -0.15) is 0 Å². The van der Waals surface area contributed by atoms with Crippen molar-refractivity contribution in [2.75, 3.05) is 13.1 Å². The second kappa shape index (κ2) is 6.95. The van der Waals surface area contributed by atoms with Crippen molar-refractivity contribution >= 4 is 5.97 Å². The van der Waals surface area contributed by atoms with E-state index in [-0.39, 0.29) is 5.56 Å². The molecular formula is C11H16N2O2. The van der Waals surface area contributed by atoms with E-state index >= 15 is 0 Å². The zero-order valence-electron chi connectivity index (χ0n) is 8.65. The van der Waals surface area contributed by atoms with Crippen molar-refractivity contribution in [1.82, 2.24) is 10.3 Å². The molecule has 15 heavy (non-hydrogen) atoms. The lowest BCUT2D eigenvalue weighted by Gasteiger charge is -2.08. The minimum Gasteiger partial charge on any atom is -0.478 e. The van der Waals surface area contributed by atoms with Crippen LogP contribution >= 0.6 is 0 Å². The molecule has 0 atom stereocenters. The van der Waals surface area contributed by atoms with Gasteiger partial charge < -0.3 is 10.4 Å². The number of nitrogens with zero attached hydrogens (tertiary/aromatic N) is 1. The molecule has 0 saturated carbocycles. The SMILES string of the molecule is C1CCNCC1.O=C(O)c1ccncc1. The zero-order valence-corrected chi connectivity index (χ0v) is 8.65. The minimum atomic E-state index is -0.919. The summed E-state index contributed by atoms with van der Waals surface area (Å²) >= 11 is 0. The first kappa shape index (κ1) is 11.7. The van der Waals surface area contributed by atoms with Crippen LogP contribution in [0.5, 0.6) is 0 Å². The number of carbonyl (C=O) groups is 1. The van der Waals surface area contributed by atoms with Crippen molar-refractivity contribution < 1.29 is 9.90 Å². The molecule has 0 bridgehead atoms. The Morgan fingerprint density at radius 1 is 1.20 bits per heavy atom. The van der Waals surface area contributed by atoms with Gasteiger partial charge in [-0.3, -0.25) is 4.98 Å². The van der Waals surface area contributed by atoms with Crippen LogP contribution in [0.15, 0.2) is 24.5 Å². The average molecular weight is 208 g/mol. The number of carboxylic acid groups (broad SMARTS) is 1. The highest BCUT2D eigenvalue weighted by Gasteiger charge is 1.97. The van der Waals surface area contributed by atoms with Crippen LogP contribution in [0.25, 0.3) is 0 Å². The van der Waals surface area contributed by atoms with E-state index < -0.39 is 5.97 Å². The maximum Gasteiger partial charge on any atom is 0.335 e. The summed E-state index contributed by atoms with van der Waals surface area (Å²) < 4.78 is 0. The largest absolute Gasteiger partial charge is 0.478 e. The predicted molar refractivity (Wildman–Crippen MR) is 57.9 cm³/mol. The Hall–Kier alpha value is -1.42. The third-order valence-electron chi connectivity index (χ3n) is 2.13. The Morgan fingerprint density at radius 3 is 2.07 bits per heavy atom. The van der Waals surface area contributed by atoms with E-state index in [1.165, 1.54) is 56.9 Å². The molecule has 82 valence electrons. The van der Waals surface area contributed by atoms with Crippen molar-refractivity contribution in [3.05, 3.63) is 30.1 Å². The number of hydrogen-bond acceptors (Lipinski definition) is 3. The van der Waals surface area contributed by atoms with Gasteiger partial charge in [-0.05, 0) is 38.1 Å². The molecule has 1 aliphatic heterocycles. The first-order valence-electron chi connectivity index (χ1n) is 5.15. The number of rotatable bonds is 1. The molecule has 2 rings (SSSR count). The summed E-state index contributed by atoms with van der Waals surface area (Å²) in [5.74, 6) is -0.919. The second-order valence-electron chi connectivity index (χ2n) is 3.35. The van der Waals surface area contributed by atoms with Gasteiger partial charge in [0, 0.05) is 12.4 Å². The van der Waals surface area contributed by atoms with Gasteiger partial charge in [-0.15, -0.1) is 0 Å². The lowest BCUT2D eigenvalue weighted by Crippen LogP contribution is -2.21. The average Bonchev–Trinajstić information content (AvgIpc) is 2.33. The Kier molecular flexibility index (Phi) is 5.40. The first-order valence-corrected chi connectivity index (χ1v) is 5.15. The van der Waals surface area contributed by atoms with Gasteiger partial charge in [-0.25, -0.2) is 4.79 Å². The van der Waals surface area contributed by atoms with Crippen LogP contribution < -0.4 is 5.32 Å². The molecular weight excluding hydrogens is 192 g/mol. The van der Waals surface area contributed by atoms with Crippen LogP contribution in [0, 0.1) is 0 Å². The van der Waals surface area contributed by atoms with Crippen molar-refractivity contribution in [2.24, 2.45) is 0 Å². The van der Waals surface area contributed by atoms with Gasteiger partial charge in [0.25, 0.3) is 0 Å². The van der Waals surface area contributed by atoms with E-state index in [2.05, 4.69) is 10.3 Å². The Bertz CT molecular complexity index is 272. The summed E-state index contributed by atoms with van der Waals surface area (Å²) in [7, 11) is 0. The number of pyridine rings is 1. The Labute approximate surface area is 89.3 Å². The van der Waals surface area contributed by atoms with E-state index in [4.69, 9.17) is 5.11 Å². The second-order valence-corrected chi connectivity index (χ2v) is 3.35. The Morgan fingerprint density at radius 2 is 1.80 bits per heavy atom. The number of aromatic carboxylic acids is 1. The van der Waals surface area contributed by atoms with Gasteiger partial charge >= 0.3 is 5.97 Å². The molecule has 0 aromatic carbocycles. The molecule has 0 amide bonds. The summed E-state index contributed by atoms with van der Waals surface area (Å²) in [5.41, 5.74) is 0.269. The lowest BCUT2D eigenvalue weighted by molar-refractivity contribution is 0.0697. The third-order valence-corrected chi connectivity index (χ3v) is 2.13. The summed E-state index contributed by atoms with van der Waals surface area (Å²) in [6.07, 6.45) is 7.11. The summed E-state index contributed by atoms with van der Waals surface area (Å²) in [5, 5.41) is 11.6. The van der Waals surface area contributed by atoms with Crippen LogP contribution in [0.2, 0.25) is 0 Å². The topological polar surface area (TPSA) is 62.2 Å². The fraction of sp³-hybridized carbons (Fsp3) is 0.455. The van der Waals surface area contributed by atoms with Gasteiger partial charge in [0.2, 0.25) is 0 Å². The minimum absolute atomic E-state index is 0.269. The molecule has 1 aliphatic rings. The Balaban J connectivity index is 0.000000162. The maximum atomic E-state index is 10.2. The molecule has 1 saturated heterocycles. The molecule has 1 fully saturated rings. The lowest BCUT2D eigenvalue weighted by atomic mass is 10.2. The maximum absolute atomic E-state index is 10.2. The van der Waals surface area contributed by atoms with E-state index in [1.54, 1.807) is 0 Å². The molecule has 0 unspecified atom stereocenters. The number of aromatic nitrogens is 1. The van der Waals surface area contributed by atoms with Crippen LogP contribution in [0.1, 0.15) is 29.6 Å². The first-order chi connectivity index (χ1) is 7.30. The van der Waals surface area contributed by atoms with Crippen LogP contribution in [0.4, 0.5) is 0 Å². The fourth-order valence-electron chi connectivity index (χ4n) is 1.30. The van der Waals surface area contributed by atoms with Gasteiger partial charge in [0.1, 0.15) is 0 Å². The van der Waals surface area contributed by atoms with Gasteiger partial charge in [0.15, 0.2) is 0 Å². The molecule has 4 heteroatoms. The van der Waals surface area contributed by atoms with E-state index in [1.807, 2.05) is 0 Å². The molecule has 2 N–H and O–H groups in total. The number of nitrogens with one attached hydrogen (secondary N) is 1. The predicted octanol–water partition coefficient (Wildman–Crippen LogP) is 1.54. The highest BCUT2D eigenvalue weighted by molar-refractivity contribution is 5.87. The number of piperidine rings is 1. The number of carboxylic acids is 1. The van der Waals surface area contributed by atoms with Crippen LogP contribution in [-0.4, -0.2) is 29.1 Å². The fourth-order valence-corrected chi connectivity index (χ4v) is 1.30. The third kappa shape index (κ3) is 5.12. The molecule has 0 spiro atoms. The van der Waals surface area contributed by atoms with Crippen molar-refractivity contribution in [1.29, 1.82) is 0 Å². The van der Waals surface area contributed by atoms with E-state index in [0.29, 0.717) is 0 Å². The summed E-state index contributed by atoms with van der Waals surface area (Å²) in [6, 6.07) is 2.89. The van der Waals surface area contributed by atoms with Gasteiger partial charge in [-0.1, -0.05) is 6.42 Å². The van der Waals surface area contributed by atoms with Crippen molar-refractivity contribution in [2.45, 2.75) is 19.3 Å². The van der Waals surface area contributed by atoms with Crippen LogP contribution in [0.3, 0.4) is 0 Å². The highest BCUT2D eigenvalue weighted by Crippen LogP contribution is 1.96. The molecule has 2 heterocycles. The smallest absolute Gasteiger partial charge is 0.335 e. The zero-order chi connectivity index (χ0) is 10.9. The number of hydrogen-bond donors (Lipinski definition) is 2. The molecule has 0 aliphatic carbocycles. The standard InChI is InChI=1S/C6H5NO2.C5H11N/c8-6(9)5-1-3-7-4-2-5;1-2-4-6-5-3-1/h1-4H,(H,8,9);6H,1-5H2. The molecule has 0 radical (unpaired) electrons. The van der Waals surface area contributed by atoms with Crippen molar-refractivity contribution in [3.8, 4) is 0 Å². The molecule has 1 aromatic heterocycles. The molecule has 1 aromatic rings. The van der Waals surface area contributed by atoms with E-state index in [0.717, 1.165) is 0 Å². The monoisotopic (exact) mass is 208 g/mol. The normalized spacial score (nSPS) is 14.9. The quantitative estimate of drug-likeness (QED) is 0.735.